The van der Waals surface area contributed by atoms with Crippen LogP contribution in [0.5, 0.6) is 0 Å². The van der Waals surface area contributed by atoms with Gasteiger partial charge in [0, 0.05) is 29.0 Å². The summed E-state index contributed by atoms with van der Waals surface area (Å²) in [6.45, 7) is 6.16. The van der Waals surface area contributed by atoms with Crippen LogP contribution < -0.4 is 4.57 Å². The van der Waals surface area contributed by atoms with Crippen LogP contribution >= 0.6 is 0 Å². The van der Waals surface area contributed by atoms with Gasteiger partial charge in [-0.15, -0.1) is 0 Å². The molecule has 0 unspecified atom stereocenters. The average molecular weight is 402 g/mol. The van der Waals surface area contributed by atoms with E-state index in [1.165, 1.54) is 11.6 Å². The lowest BCUT2D eigenvalue weighted by Crippen LogP contribution is -2.31. The van der Waals surface area contributed by atoms with Gasteiger partial charge in [-0.1, -0.05) is 38.1 Å². The summed E-state index contributed by atoms with van der Waals surface area (Å²) in [4.78, 5) is 0. The molecule has 0 spiro atoms. The summed E-state index contributed by atoms with van der Waals surface area (Å²) in [5.74, 6) is -0.373. The van der Waals surface area contributed by atoms with E-state index in [-0.39, 0.29) is 11.6 Å². The molecule has 0 saturated heterocycles. The standard InChI is InChI=1S/C26H22F2NO/c1-14(2)16-9-10-29(4)21(12-16)23-15(3)11-20(28)25-24-18-8-6-5-7-17(18)19(27)13-22(24)30-26(23)25/h5-14H,1-4H3/q+1. The van der Waals surface area contributed by atoms with Crippen molar-refractivity contribution in [2.45, 2.75) is 26.7 Å². The molecule has 5 rings (SSSR count). The van der Waals surface area contributed by atoms with Crippen LogP contribution in [-0.2, 0) is 7.05 Å². The summed E-state index contributed by atoms with van der Waals surface area (Å²) in [7, 11) is 1.96. The molecule has 0 radical (unpaired) electrons. The third-order valence-corrected chi connectivity index (χ3v) is 5.95. The minimum atomic E-state index is -0.372. The number of hydrogen-bond acceptors (Lipinski definition) is 1. The van der Waals surface area contributed by atoms with Crippen LogP contribution in [0.2, 0.25) is 0 Å². The first kappa shape index (κ1) is 18.7. The first-order valence-electron chi connectivity index (χ1n) is 10.1. The molecule has 30 heavy (non-hydrogen) atoms. The minimum Gasteiger partial charge on any atom is -0.455 e. The Kier molecular flexibility index (Phi) is 4.14. The molecular weight excluding hydrogens is 380 g/mol. The highest BCUT2D eigenvalue weighted by molar-refractivity contribution is 6.21. The van der Waals surface area contributed by atoms with Gasteiger partial charge in [-0.25, -0.2) is 13.3 Å². The monoisotopic (exact) mass is 402 g/mol. The number of aryl methyl sites for hydroxylation is 2. The number of benzene rings is 3. The van der Waals surface area contributed by atoms with Crippen molar-refractivity contribution in [3.05, 3.63) is 77.5 Å². The number of furan rings is 1. The fourth-order valence-electron chi connectivity index (χ4n) is 4.35. The predicted molar refractivity (Wildman–Crippen MR) is 117 cm³/mol. The number of nitrogens with zero attached hydrogens (tertiary/aromatic N) is 1. The maximum Gasteiger partial charge on any atom is 0.216 e. The van der Waals surface area contributed by atoms with E-state index in [0.29, 0.717) is 38.6 Å². The zero-order valence-corrected chi connectivity index (χ0v) is 17.4. The van der Waals surface area contributed by atoms with E-state index in [9.17, 15) is 4.39 Å². The van der Waals surface area contributed by atoms with E-state index in [2.05, 4.69) is 26.0 Å². The molecule has 0 amide bonds. The SMILES string of the molecule is Cc1cc(F)c2c(oc3cc(F)c4ccccc4c32)c1-c1cc(C(C)C)cc[n+]1C. The lowest BCUT2D eigenvalue weighted by molar-refractivity contribution is -0.660. The number of hydrogen-bond donors (Lipinski definition) is 0. The maximum absolute atomic E-state index is 15.3. The van der Waals surface area contributed by atoms with E-state index in [1.807, 2.05) is 36.9 Å². The van der Waals surface area contributed by atoms with Crippen LogP contribution in [0.1, 0.15) is 30.9 Å². The summed E-state index contributed by atoms with van der Waals surface area (Å²) in [5, 5.41) is 2.13. The molecule has 4 heteroatoms. The first-order valence-corrected chi connectivity index (χ1v) is 10.1. The van der Waals surface area contributed by atoms with E-state index in [1.54, 1.807) is 18.2 Å². The molecule has 0 aliphatic carbocycles. The summed E-state index contributed by atoms with van der Waals surface area (Å²) in [6.07, 6.45) is 2.01. The Morgan fingerprint density at radius 3 is 2.37 bits per heavy atom. The average Bonchev–Trinajstić information content (AvgIpc) is 3.08. The Bertz CT molecular complexity index is 1460. The maximum atomic E-state index is 15.3. The van der Waals surface area contributed by atoms with Gasteiger partial charge in [0.05, 0.1) is 10.9 Å². The fourth-order valence-corrected chi connectivity index (χ4v) is 4.35. The molecule has 150 valence electrons. The molecule has 2 nitrogen and oxygen atoms in total. The third-order valence-electron chi connectivity index (χ3n) is 5.95. The highest BCUT2D eigenvalue weighted by Gasteiger charge is 2.25. The lowest BCUT2D eigenvalue weighted by atomic mass is 9.96. The van der Waals surface area contributed by atoms with E-state index in [0.717, 1.165) is 16.8 Å². The smallest absolute Gasteiger partial charge is 0.216 e. The van der Waals surface area contributed by atoms with Gasteiger partial charge in [-0.3, -0.25) is 0 Å². The largest absolute Gasteiger partial charge is 0.455 e. The van der Waals surface area contributed by atoms with Crippen molar-refractivity contribution < 1.29 is 17.8 Å². The van der Waals surface area contributed by atoms with Crippen molar-refractivity contribution in [3.63, 3.8) is 0 Å². The van der Waals surface area contributed by atoms with Crippen molar-refractivity contribution in [1.82, 2.24) is 0 Å². The number of pyridine rings is 1. The number of halogens is 2. The molecule has 2 heterocycles. The molecule has 3 aromatic carbocycles. The first-order chi connectivity index (χ1) is 14.4. The van der Waals surface area contributed by atoms with Crippen molar-refractivity contribution in [2.24, 2.45) is 7.05 Å². The molecule has 0 bridgehead atoms. The van der Waals surface area contributed by atoms with Gasteiger partial charge in [0.15, 0.2) is 11.8 Å². The summed E-state index contributed by atoms with van der Waals surface area (Å²) >= 11 is 0. The van der Waals surface area contributed by atoms with Crippen LogP contribution in [0.3, 0.4) is 0 Å². The van der Waals surface area contributed by atoms with Crippen LogP contribution in [0.4, 0.5) is 8.78 Å². The summed E-state index contributed by atoms with van der Waals surface area (Å²) < 4.78 is 38.1. The quantitative estimate of drug-likeness (QED) is 0.292. The topological polar surface area (TPSA) is 17.0 Å². The molecule has 0 fully saturated rings. The van der Waals surface area contributed by atoms with Crippen LogP contribution in [0.25, 0.3) is 44.0 Å². The normalized spacial score (nSPS) is 12.0. The van der Waals surface area contributed by atoms with Gasteiger partial charge in [-0.2, -0.15) is 0 Å². The van der Waals surface area contributed by atoms with Crippen molar-refractivity contribution in [1.29, 1.82) is 0 Å². The zero-order valence-electron chi connectivity index (χ0n) is 17.4. The lowest BCUT2D eigenvalue weighted by Gasteiger charge is -2.10. The Labute approximate surface area is 173 Å². The Balaban J connectivity index is 1.98. The highest BCUT2D eigenvalue weighted by atomic mass is 19.1. The van der Waals surface area contributed by atoms with E-state index < -0.39 is 0 Å². The van der Waals surface area contributed by atoms with Gasteiger partial charge < -0.3 is 4.42 Å². The van der Waals surface area contributed by atoms with Crippen molar-refractivity contribution >= 4 is 32.7 Å². The minimum absolute atomic E-state index is 0.356. The Morgan fingerprint density at radius 2 is 1.63 bits per heavy atom. The van der Waals surface area contributed by atoms with Gasteiger partial charge in [-0.05, 0) is 35.4 Å². The summed E-state index contributed by atoms with van der Waals surface area (Å²) in [6, 6.07) is 14.3. The fraction of sp³-hybridized carbons (Fsp3) is 0.192. The van der Waals surface area contributed by atoms with Gasteiger partial charge in [0.25, 0.3) is 0 Å². The number of fused-ring (bicyclic) bond motifs is 5. The molecule has 0 atom stereocenters. The highest BCUT2D eigenvalue weighted by Crippen LogP contribution is 2.42. The predicted octanol–water partition coefficient (Wildman–Crippen LogP) is 6.94. The zero-order chi connectivity index (χ0) is 21.2. The molecule has 5 aromatic rings. The van der Waals surface area contributed by atoms with Crippen LogP contribution in [-0.4, -0.2) is 0 Å². The molecule has 0 aliphatic heterocycles. The molecule has 0 saturated carbocycles. The van der Waals surface area contributed by atoms with E-state index >= 15 is 4.39 Å². The van der Waals surface area contributed by atoms with Gasteiger partial charge >= 0.3 is 0 Å². The molecule has 0 N–H and O–H groups in total. The number of aromatic nitrogens is 1. The Hall–Kier alpha value is -3.27. The number of rotatable bonds is 2. The van der Waals surface area contributed by atoms with Gasteiger partial charge in [0.1, 0.15) is 24.3 Å². The molecule has 0 aliphatic rings. The van der Waals surface area contributed by atoms with Crippen molar-refractivity contribution in [3.8, 4) is 11.3 Å². The second-order valence-electron chi connectivity index (χ2n) is 8.24. The molecule has 2 aromatic heterocycles. The second-order valence-corrected chi connectivity index (χ2v) is 8.24. The second kappa shape index (κ2) is 6.63. The molecular formula is C26H22F2NO+. The van der Waals surface area contributed by atoms with Crippen molar-refractivity contribution in [2.75, 3.05) is 0 Å². The van der Waals surface area contributed by atoms with Crippen LogP contribution in [0.15, 0.2) is 59.1 Å². The van der Waals surface area contributed by atoms with Crippen LogP contribution in [0, 0.1) is 18.6 Å². The third kappa shape index (κ3) is 2.63. The van der Waals surface area contributed by atoms with Gasteiger partial charge in [0.2, 0.25) is 5.69 Å². The van der Waals surface area contributed by atoms with E-state index in [4.69, 9.17) is 4.42 Å². The Morgan fingerprint density at radius 1 is 0.900 bits per heavy atom. The summed E-state index contributed by atoms with van der Waals surface area (Å²) in [5.41, 5.74) is 4.54.